The quantitative estimate of drug-likeness (QED) is 0.181. The normalized spacial score (nSPS) is 11.2. The third kappa shape index (κ3) is 21.7. The van der Waals surface area contributed by atoms with E-state index in [0.717, 1.165) is 38.7 Å². The second kappa shape index (κ2) is 22.7. The Morgan fingerprint density at radius 3 is 1.27 bits per heavy atom. The lowest BCUT2D eigenvalue weighted by atomic mass is 10.0. The molecule has 2 nitrogen and oxygen atoms in total. The lowest BCUT2D eigenvalue weighted by molar-refractivity contribution is -0.119. The van der Waals surface area contributed by atoms with E-state index < -0.39 is 0 Å². The molecule has 0 saturated heterocycles. The van der Waals surface area contributed by atoms with Crippen LogP contribution in [0.2, 0.25) is 0 Å². The van der Waals surface area contributed by atoms with Crippen molar-refractivity contribution in [2.24, 2.45) is 0 Å². The van der Waals surface area contributed by atoms with Gasteiger partial charge in [0.1, 0.15) is 5.78 Å². The molecule has 0 unspecified atom stereocenters. The number of ketones is 1. The van der Waals surface area contributed by atoms with Gasteiger partial charge in [0.05, 0.1) is 0 Å². The Morgan fingerprint density at radius 2 is 0.885 bits per heavy atom. The molecule has 0 heterocycles. The maximum Gasteiger partial charge on any atom is 0.132 e. The van der Waals surface area contributed by atoms with Gasteiger partial charge in [0.25, 0.3) is 0 Å². The Labute approximate surface area is 164 Å². The summed E-state index contributed by atoms with van der Waals surface area (Å²) in [6, 6.07) is 0. The molecular formula is C24H48O2. The first-order valence-corrected chi connectivity index (χ1v) is 11.8. The van der Waals surface area contributed by atoms with E-state index >= 15 is 0 Å². The second-order valence-electron chi connectivity index (χ2n) is 8.04. The number of ether oxygens (including phenoxy) is 1. The molecule has 0 aromatic carbocycles. The highest BCUT2D eigenvalue weighted by Crippen LogP contribution is 2.14. The van der Waals surface area contributed by atoms with Crippen LogP contribution in [0.1, 0.15) is 135 Å². The molecule has 0 aliphatic heterocycles. The molecule has 0 atom stereocenters. The fourth-order valence-electron chi connectivity index (χ4n) is 3.56. The standard InChI is InChI=1S/C24H48O2/c1-3-4-5-6-7-8-9-10-11-12-13-15-18-21-24(25)22-19-16-14-17-20-23-26-2/h3-23H2,1-2H3. The molecule has 0 spiro atoms. The zero-order valence-electron chi connectivity index (χ0n) is 18.2. The van der Waals surface area contributed by atoms with Crippen molar-refractivity contribution in [3.63, 3.8) is 0 Å². The number of hydrogen-bond donors (Lipinski definition) is 0. The highest BCUT2D eigenvalue weighted by atomic mass is 16.5. The Hall–Kier alpha value is -0.370. The minimum Gasteiger partial charge on any atom is -0.385 e. The number of hydrogen-bond acceptors (Lipinski definition) is 2. The molecule has 2 heteroatoms. The highest BCUT2D eigenvalue weighted by molar-refractivity contribution is 5.78. The van der Waals surface area contributed by atoms with Gasteiger partial charge in [-0.15, -0.1) is 0 Å². The van der Waals surface area contributed by atoms with E-state index in [-0.39, 0.29) is 0 Å². The zero-order valence-corrected chi connectivity index (χ0v) is 18.2. The molecule has 0 fully saturated rings. The Balaban J connectivity index is 3.12. The highest BCUT2D eigenvalue weighted by Gasteiger charge is 2.02. The molecule has 0 aromatic heterocycles. The first-order valence-electron chi connectivity index (χ1n) is 11.8. The van der Waals surface area contributed by atoms with E-state index in [2.05, 4.69) is 6.92 Å². The number of carbonyl (C=O) groups excluding carboxylic acids is 1. The number of carbonyl (C=O) groups is 1. The van der Waals surface area contributed by atoms with Crippen LogP contribution in [0.4, 0.5) is 0 Å². The smallest absolute Gasteiger partial charge is 0.132 e. The van der Waals surface area contributed by atoms with Crippen molar-refractivity contribution >= 4 is 5.78 Å². The SMILES string of the molecule is CCCCCCCCCCCCCCCC(=O)CCCCCCCOC. The largest absolute Gasteiger partial charge is 0.385 e. The summed E-state index contributed by atoms with van der Waals surface area (Å²) in [6.07, 6.45) is 25.4. The minimum absolute atomic E-state index is 0.491. The molecule has 0 aromatic rings. The van der Waals surface area contributed by atoms with Gasteiger partial charge >= 0.3 is 0 Å². The monoisotopic (exact) mass is 368 g/mol. The van der Waals surface area contributed by atoms with Crippen LogP contribution in [0.15, 0.2) is 0 Å². The van der Waals surface area contributed by atoms with Crippen molar-refractivity contribution < 1.29 is 9.53 Å². The average Bonchev–Trinajstić information content (AvgIpc) is 2.64. The van der Waals surface area contributed by atoms with E-state index in [1.54, 1.807) is 7.11 Å². The Bertz CT molecular complexity index is 275. The van der Waals surface area contributed by atoms with E-state index in [1.807, 2.05) is 0 Å². The molecule has 26 heavy (non-hydrogen) atoms. The van der Waals surface area contributed by atoms with Gasteiger partial charge in [0, 0.05) is 26.6 Å². The van der Waals surface area contributed by atoms with Gasteiger partial charge < -0.3 is 4.74 Å². The van der Waals surface area contributed by atoms with Crippen LogP contribution < -0.4 is 0 Å². The minimum atomic E-state index is 0.491. The van der Waals surface area contributed by atoms with Crippen molar-refractivity contribution in [3.8, 4) is 0 Å². The molecule has 0 aliphatic rings. The molecule has 0 rings (SSSR count). The number of rotatable bonds is 22. The Morgan fingerprint density at radius 1 is 0.538 bits per heavy atom. The maximum absolute atomic E-state index is 11.9. The average molecular weight is 369 g/mol. The van der Waals surface area contributed by atoms with Crippen LogP contribution in [0.5, 0.6) is 0 Å². The topological polar surface area (TPSA) is 26.3 Å². The molecule has 0 radical (unpaired) electrons. The molecule has 0 aliphatic carbocycles. The van der Waals surface area contributed by atoms with Crippen LogP contribution in [0.3, 0.4) is 0 Å². The van der Waals surface area contributed by atoms with Gasteiger partial charge in [-0.3, -0.25) is 4.79 Å². The predicted molar refractivity (Wildman–Crippen MR) is 115 cm³/mol. The molecule has 0 bridgehead atoms. The van der Waals surface area contributed by atoms with Gasteiger partial charge in [-0.2, -0.15) is 0 Å². The Kier molecular flexibility index (Phi) is 22.3. The number of methoxy groups -OCH3 is 1. The molecule has 0 amide bonds. The van der Waals surface area contributed by atoms with Crippen molar-refractivity contribution in [2.75, 3.05) is 13.7 Å². The van der Waals surface area contributed by atoms with Crippen molar-refractivity contribution in [1.29, 1.82) is 0 Å². The summed E-state index contributed by atoms with van der Waals surface area (Å²) in [5, 5.41) is 0. The van der Waals surface area contributed by atoms with Crippen LogP contribution >= 0.6 is 0 Å². The van der Waals surface area contributed by atoms with Gasteiger partial charge in [-0.05, 0) is 19.3 Å². The zero-order chi connectivity index (χ0) is 19.1. The maximum atomic E-state index is 11.9. The fraction of sp³-hybridized carbons (Fsp3) is 0.958. The summed E-state index contributed by atoms with van der Waals surface area (Å²) in [4.78, 5) is 11.9. The first kappa shape index (κ1) is 25.6. The van der Waals surface area contributed by atoms with Crippen LogP contribution in [-0.4, -0.2) is 19.5 Å². The molecule has 0 N–H and O–H groups in total. The van der Waals surface area contributed by atoms with E-state index in [0.29, 0.717) is 5.78 Å². The molecule has 0 saturated carbocycles. The summed E-state index contributed by atoms with van der Waals surface area (Å²) >= 11 is 0. The van der Waals surface area contributed by atoms with Gasteiger partial charge in [0.2, 0.25) is 0 Å². The summed E-state index contributed by atoms with van der Waals surface area (Å²) in [5.41, 5.74) is 0. The van der Waals surface area contributed by atoms with Crippen LogP contribution in [-0.2, 0) is 9.53 Å². The van der Waals surface area contributed by atoms with Crippen LogP contribution in [0, 0.1) is 0 Å². The fourth-order valence-corrected chi connectivity index (χ4v) is 3.56. The third-order valence-corrected chi connectivity index (χ3v) is 5.36. The second-order valence-corrected chi connectivity index (χ2v) is 8.04. The van der Waals surface area contributed by atoms with Gasteiger partial charge in [-0.1, -0.05) is 103 Å². The van der Waals surface area contributed by atoms with Gasteiger partial charge in [0.15, 0.2) is 0 Å². The summed E-state index contributed by atoms with van der Waals surface area (Å²) in [5.74, 6) is 0.491. The lowest BCUT2D eigenvalue weighted by Crippen LogP contribution is -1.97. The number of unbranched alkanes of at least 4 members (excludes halogenated alkanes) is 16. The van der Waals surface area contributed by atoms with E-state index in [1.165, 1.54) is 96.3 Å². The summed E-state index contributed by atoms with van der Waals surface area (Å²) in [6.45, 7) is 3.15. The van der Waals surface area contributed by atoms with E-state index in [4.69, 9.17) is 4.74 Å². The summed E-state index contributed by atoms with van der Waals surface area (Å²) in [7, 11) is 1.76. The number of Topliss-reactive ketones (excluding diaryl/α,β-unsaturated/α-hetero) is 1. The van der Waals surface area contributed by atoms with Crippen molar-refractivity contribution in [3.05, 3.63) is 0 Å². The van der Waals surface area contributed by atoms with Crippen molar-refractivity contribution in [2.45, 2.75) is 135 Å². The van der Waals surface area contributed by atoms with E-state index in [9.17, 15) is 4.79 Å². The first-order chi connectivity index (χ1) is 12.8. The molecular weight excluding hydrogens is 320 g/mol. The predicted octanol–water partition coefficient (Wildman–Crippen LogP) is 8.02. The lowest BCUT2D eigenvalue weighted by Gasteiger charge is -2.04. The van der Waals surface area contributed by atoms with Crippen LogP contribution in [0.25, 0.3) is 0 Å². The van der Waals surface area contributed by atoms with Gasteiger partial charge in [-0.25, -0.2) is 0 Å². The van der Waals surface area contributed by atoms with Crippen molar-refractivity contribution in [1.82, 2.24) is 0 Å². The molecule has 156 valence electrons. The third-order valence-electron chi connectivity index (χ3n) is 5.36. The summed E-state index contributed by atoms with van der Waals surface area (Å²) < 4.78 is 5.05.